The van der Waals surface area contributed by atoms with E-state index in [1.54, 1.807) is 18.2 Å². The predicted octanol–water partition coefficient (Wildman–Crippen LogP) is 4.46. The van der Waals surface area contributed by atoms with Crippen LogP contribution in [-0.4, -0.2) is 36.6 Å². The van der Waals surface area contributed by atoms with E-state index in [1.165, 1.54) is 30.3 Å². The number of nitrogens with zero attached hydrogens (tertiary/aromatic N) is 5. The predicted molar refractivity (Wildman–Crippen MR) is 136 cm³/mol. The summed E-state index contributed by atoms with van der Waals surface area (Å²) in [6.45, 7) is 0. The molecule has 0 amide bonds. The molecule has 0 bridgehead atoms. The molecule has 17 heteroatoms. The van der Waals surface area contributed by atoms with E-state index in [1.807, 2.05) is 0 Å². The number of hydrogen-bond donors (Lipinski definition) is 3. The molecule has 39 heavy (non-hydrogen) atoms. The van der Waals surface area contributed by atoms with Crippen molar-refractivity contribution < 1.29 is 35.7 Å². The molecule has 0 radical (unpaired) electrons. The van der Waals surface area contributed by atoms with Crippen molar-refractivity contribution in [3.8, 4) is 0 Å². The lowest BCUT2D eigenvalue weighted by atomic mass is 9.91. The highest BCUT2D eigenvalue weighted by Gasteiger charge is 2.37. The minimum absolute atomic E-state index is 0.0835. The third-order valence-corrected chi connectivity index (χ3v) is 7.19. The molecular weight excluding hydrogens is 556 g/mol. The van der Waals surface area contributed by atoms with Crippen molar-refractivity contribution in [1.82, 2.24) is 0 Å². The molecule has 0 saturated heterocycles. The van der Waals surface area contributed by atoms with Crippen LogP contribution in [0.15, 0.2) is 96.6 Å². The maximum atomic E-state index is 13.4. The fraction of sp³-hybridized carbons (Fsp3) is 0.0455. The zero-order valence-corrected chi connectivity index (χ0v) is 21.0. The maximum absolute atomic E-state index is 13.4. The van der Waals surface area contributed by atoms with Crippen LogP contribution >= 0.6 is 0 Å². The molecule has 0 spiro atoms. The zero-order chi connectivity index (χ0) is 28.5. The monoisotopic (exact) mass is 572 g/mol. The lowest BCUT2D eigenvalue weighted by Gasteiger charge is -2.21. The van der Waals surface area contributed by atoms with E-state index in [2.05, 4.69) is 20.5 Å². The Morgan fingerprint density at radius 2 is 1.49 bits per heavy atom. The summed E-state index contributed by atoms with van der Waals surface area (Å²) in [5.41, 5.74) is 3.16. The highest BCUT2D eigenvalue weighted by Crippen LogP contribution is 2.42. The van der Waals surface area contributed by atoms with Crippen LogP contribution in [0.2, 0.25) is 0 Å². The normalized spacial score (nSPS) is 14.3. The molecule has 0 fully saturated rings. The topological polar surface area (TPSA) is 244 Å². The number of Topliss-reactive ketones (excluding diaryl/α,β-unsaturated/α-hetero) is 1. The van der Waals surface area contributed by atoms with Crippen molar-refractivity contribution in [2.45, 2.75) is 11.3 Å². The molecular formula is C22H16N6O9S2. The van der Waals surface area contributed by atoms with Gasteiger partial charge in [0.1, 0.15) is 15.5 Å². The zero-order valence-electron chi connectivity index (χ0n) is 19.4. The number of ketones is 1. The summed E-state index contributed by atoms with van der Waals surface area (Å²) in [7, 11) is -10.1. The van der Waals surface area contributed by atoms with Gasteiger partial charge >= 0.3 is 0 Å². The van der Waals surface area contributed by atoms with Crippen LogP contribution in [0.25, 0.3) is 0 Å². The molecule has 0 heterocycles. The molecule has 3 aromatic rings. The fourth-order valence-electron chi connectivity index (χ4n) is 3.63. The first kappa shape index (κ1) is 27.3. The van der Waals surface area contributed by atoms with Crippen molar-refractivity contribution in [2.24, 2.45) is 20.5 Å². The number of nitrogen functional groups attached to an aromatic ring is 1. The van der Waals surface area contributed by atoms with Crippen molar-refractivity contribution in [1.29, 1.82) is 0 Å². The first-order chi connectivity index (χ1) is 18.3. The second-order valence-corrected chi connectivity index (χ2v) is 10.7. The van der Waals surface area contributed by atoms with Crippen LogP contribution in [0.3, 0.4) is 0 Å². The molecule has 0 saturated carbocycles. The van der Waals surface area contributed by atoms with Crippen molar-refractivity contribution in [2.75, 3.05) is 5.73 Å². The van der Waals surface area contributed by atoms with Crippen LogP contribution in [-0.2, 0) is 26.7 Å². The Morgan fingerprint density at radius 1 is 0.846 bits per heavy atom. The van der Waals surface area contributed by atoms with E-state index >= 15 is 0 Å². The van der Waals surface area contributed by atoms with Gasteiger partial charge < -0.3 is 5.73 Å². The number of nitro benzene ring substituents is 1. The van der Waals surface area contributed by atoms with Gasteiger partial charge in [0.15, 0.2) is 5.70 Å². The van der Waals surface area contributed by atoms with Gasteiger partial charge in [-0.1, -0.05) is 24.3 Å². The van der Waals surface area contributed by atoms with Gasteiger partial charge in [0, 0.05) is 18.6 Å². The molecule has 1 aliphatic rings. The number of carbonyl (C=O) groups excluding carboxylic acids is 1. The Kier molecular flexibility index (Phi) is 7.16. The summed E-state index contributed by atoms with van der Waals surface area (Å²) in [4.78, 5) is 21.9. The lowest BCUT2D eigenvalue weighted by molar-refractivity contribution is -0.384. The molecule has 200 valence electrons. The minimum atomic E-state index is -5.07. The first-order valence-corrected chi connectivity index (χ1v) is 13.5. The minimum Gasteiger partial charge on any atom is -0.396 e. The lowest BCUT2D eigenvalue weighted by Crippen LogP contribution is -2.22. The third-order valence-electron chi connectivity index (χ3n) is 5.36. The molecule has 4 rings (SSSR count). The van der Waals surface area contributed by atoms with Crippen LogP contribution in [0.4, 0.5) is 28.4 Å². The van der Waals surface area contributed by atoms with Crippen LogP contribution in [0, 0.1) is 10.1 Å². The van der Waals surface area contributed by atoms with E-state index in [9.17, 15) is 40.8 Å². The van der Waals surface area contributed by atoms with E-state index < -0.39 is 69.8 Å². The van der Waals surface area contributed by atoms with Gasteiger partial charge in [0.25, 0.3) is 25.9 Å². The number of hydrogen-bond acceptors (Lipinski definition) is 12. The van der Waals surface area contributed by atoms with Gasteiger partial charge in [0.2, 0.25) is 5.78 Å². The highest BCUT2D eigenvalue weighted by atomic mass is 32.2. The van der Waals surface area contributed by atoms with E-state index in [0.717, 1.165) is 12.1 Å². The summed E-state index contributed by atoms with van der Waals surface area (Å²) in [5.74, 6) is -1.13. The fourth-order valence-corrected chi connectivity index (χ4v) is 5.03. The maximum Gasteiger partial charge on any atom is 0.296 e. The summed E-state index contributed by atoms with van der Waals surface area (Å²) in [5, 5.41) is 26.0. The highest BCUT2D eigenvalue weighted by molar-refractivity contribution is 7.89. The summed E-state index contributed by atoms with van der Waals surface area (Å²) in [6.07, 6.45) is -0.724. The molecule has 15 nitrogen and oxygen atoms in total. The van der Waals surface area contributed by atoms with E-state index in [4.69, 9.17) is 5.73 Å². The Labute approximate surface area is 220 Å². The van der Waals surface area contributed by atoms with Gasteiger partial charge in [-0.25, -0.2) is 0 Å². The molecule has 0 aliphatic heterocycles. The molecule has 4 N–H and O–H groups in total. The third kappa shape index (κ3) is 5.75. The van der Waals surface area contributed by atoms with Gasteiger partial charge in [0.05, 0.1) is 27.5 Å². The Bertz CT molecular complexity index is 1830. The molecule has 0 unspecified atom stereocenters. The number of benzene rings is 3. The number of nitro groups is 1. The largest absolute Gasteiger partial charge is 0.396 e. The molecule has 3 aromatic carbocycles. The van der Waals surface area contributed by atoms with E-state index in [0.29, 0.717) is 0 Å². The van der Waals surface area contributed by atoms with Crippen molar-refractivity contribution in [3.05, 3.63) is 92.5 Å². The molecule has 0 aromatic heterocycles. The Morgan fingerprint density at radius 3 is 2.10 bits per heavy atom. The smallest absolute Gasteiger partial charge is 0.296 e. The van der Waals surface area contributed by atoms with Gasteiger partial charge in [-0.2, -0.15) is 27.1 Å². The van der Waals surface area contributed by atoms with Crippen LogP contribution < -0.4 is 5.73 Å². The number of azo groups is 2. The summed E-state index contributed by atoms with van der Waals surface area (Å²) in [6, 6.07) is 13.5. The quantitative estimate of drug-likeness (QED) is 0.118. The number of carbonyl (C=O) groups is 1. The number of nitrogens with two attached hydrogens (primary N) is 1. The number of rotatable bonds is 7. The Balaban J connectivity index is 1.90. The van der Waals surface area contributed by atoms with E-state index in [-0.39, 0.29) is 22.6 Å². The number of anilines is 1. The standard InChI is InChI=1S/C22H16N6O9S2/c23-19-18-12(10-17(39(35,36)37)21(22(18)29)27-24-13-5-2-1-3-6-13)9-16(38(32,33)34)20(19)26-25-14-7-4-8-15(11-14)28(30)31/h1-9,11H,10,23H2,(H,32,33,34)(H,35,36,37). The van der Waals surface area contributed by atoms with Gasteiger partial charge in [-0.05, 0) is 29.8 Å². The summed E-state index contributed by atoms with van der Waals surface area (Å²) < 4.78 is 68.0. The van der Waals surface area contributed by atoms with Crippen LogP contribution in [0.5, 0.6) is 0 Å². The second-order valence-electron chi connectivity index (χ2n) is 7.91. The molecule has 1 aliphatic carbocycles. The average Bonchev–Trinajstić information content (AvgIpc) is 2.86. The number of fused-ring (bicyclic) bond motifs is 1. The summed E-state index contributed by atoms with van der Waals surface area (Å²) >= 11 is 0. The van der Waals surface area contributed by atoms with Crippen molar-refractivity contribution in [3.63, 3.8) is 0 Å². The van der Waals surface area contributed by atoms with Gasteiger partial charge in [-0.3, -0.25) is 24.0 Å². The number of allylic oxidation sites excluding steroid dienone is 2. The van der Waals surface area contributed by atoms with Crippen molar-refractivity contribution >= 4 is 54.5 Å². The second kappa shape index (κ2) is 10.2. The van der Waals surface area contributed by atoms with Crippen LogP contribution in [0.1, 0.15) is 15.9 Å². The molecule has 0 atom stereocenters. The average molecular weight is 573 g/mol. The Hall–Kier alpha value is -4.71. The number of non-ortho nitro benzene ring substituents is 1. The SMILES string of the molecule is Nc1c(N=Nc2cccc([N+](=O)[O-])c2)c(S(=O)(=O)O)cc2c1C(=O)C(N=Nc1ccccc1)=C(S(=O)(=O)O)C2. The first-order valence-electron chi connectivity index (χ1n) is 10.6. The van der Waals surface area contributed by atoms with Gasteiger partial charge in [-0.15, -0.1) is 10.2 Å².